The number of aliphatic hydroxyl groups is 1. The molecule has 1 N–H and O–H groups in total. The van der Waals surface area contributed by atoms with Crippen LogP contribution in [0.4, 0.5) is 0 Å². The summed E-state index contributed by atoms with van der Waals surface area (Å²) in [7, 11) is 0. The molecule has 2 atom stereocenters. The molecule has 0 amide bonds. The Morgan fingerprint density at radius 2 is 2.05 bits per heavy atom. The van der Waals surface area contributed by atoms with Crippen molar-refractivity contribution in [1.29, 1.82) is 0 Å². The Morgan fingerprint density at radius 1 is 1.21 bits per heavy atom. The van der Waals surface area contributed by atoms with Gasteiger partial charge in [0.1, 0.15) is 0 Å². The van der Waals surface area contributed by atoms with E-state index in [0.29, 0.717) is 5.92 Å². The van der Waals surface area contributed by atoms with E-state index in [0.717, 1.165) is 12.8 Å². The molecule has 1 aromatic rings. The Morgan fingerprint density at radius 3 is 2.89 bits per heavy atom. The third-order valence-corrected chi connectivity index (χ3v) is 4.44. The first kappa shape index (κ1) is 14.6. The zero-order valence-corrected chi connectivity index (χ0v) is 12.3. The molecule has 1 heteroatoms. The van der Waals surface area contributed by atoms with Gasteiger partial charge in [-0.15, -0.1) is 0 Å². The number of hydrogen-bond acceptors (Lipinski definition) is 1. The Kier molecular flexibility index (Phi) is 5.91. The number of unbranched alkanes of at least 4 members (excludes halogenated alkanes) is 3. The molecule has 0 fully saturated rings. The molecule has 19 heavy (non-hydrogen) atoms. The van der Waals surface area contributed by atoms with E-state index in [1.165, 1.54) is 56.1 Å². The predicted octanol–water partition coefficient (Wildman–Crippen LogP) is 4.83. The van der Waals surface area contributed by atoms with Gasteiger partial charge in [-0.2, -0.15) is 0 Å². The highest BCUT2D eigenvalue weighted by molar-refractivity contribution is 5.32. The zero-order valence-electron chi connectivity index (χ0n) is 12.3. The molecular formula is C18H28O. The Bertz CT molecular complexity index is 372. The first-order valence-electron chi connectivity index (χ1n) is 8.07. The number of hydrogen-bond donors (Lipinski definition) is 1. The van der Waals surface area contributed by atoms with Gasteiger partial charge in [-0.3, -0.25) is 0 Å². The maximum atomic E-state index is 10.2. The highest BCUT2D eigenvalue weighted by Gasteiger charge is 2.22. The maximum absolute atomic E-state index is 10.2. The van der Waals surface area contributed by atoms with Crippen LogP contribution in [0.5, 0.6) is 0 Å². The average molecular weight is 260 g/mol. The van der Waals surface area contributed by atoms with Gasteiger partial charge in [-0.05, 0) is 49.1 Å². The molecule has 0 saturated heterocycles. The molecular weight excluding hydrogens is 232 g/mol. The Hall–Kier alpha value is -0.820. The van der Waals surface area contributed by atoms with Crippen LogP contribution in [0.1, 0.15) is 75.3 Å². The third-order valence-electron chi connectivity index (χ3n) is 4.44. The lowest BCUT2D eigenvalue weighted by atomic mass is 9.79. The van der Waals surface area contributed by atoms with E-state index in [1.54, 1.807) is 0 Å². The van der Waals surface area contributed by atoms with Gasteiger partial charge in [-0.25, -0.2) is 0 Å². The molecule has 2 unspecified atom stereocenters. The van der Waals surface area contributed by atoms with Crippen LogP contribution in [0.2, 0.25) is 0 Å². The monoisotopic (exact) mass is 260 g/mol. The summed E-state index contributed by atoms with van der Waals surface area (Å²) in [6, 6.07) is 8.81. The number of benzene rings is 1. The quantitative estimate of drug-likeness (QED) is 0.696. The lowest BCUT2D eigenvalue weighted by molar-refractivity contribution is 0.139. The second-order valence-electron chi connectivity index (χ2n) is 6.03. The van der Waals surface area contributed by atoms with Crippen molar-refractivity contribution in [2.75, 3.05) is 0 Å². The Labute approximate surface area is 118 Å². The largest absolute Gasteiger partial charge is 0.393 e. The van der Waals surface area contributed by atoms with Gasteiger partial charge in [0.25, 0.3) is 0 Å². The normalized spacial score (nSPS) is 20.0. The predicted molar refractivity (Wildman–Crippen MR) is 81.5 cm³/mol. The van der Waals surface area contributed by atoms with Gasteiger partial charge >= 0.3 is 0 Å². The molecule has 0 bridgehead atoms. The van der Waals surface area contributed by atoms with E-state index in [2.05, 4.69) is 31.2 Å². The summed E-state index contributed by atoms with van der Waals surface area (Å²) in [6.45, 7) is 2.23. The fourth-order valence-corrected chi connectivity index (χ4v) is 3.35. The summed E-state index contributed by atoms with van der Waals surface area (Å²) in [5.41, 5.74) is 3.01. The van der Waals surface area contributed by atoms with Gasteiger partial charge in [0.15, 0.2) is 0 Å². The standard InChI is InChI=1S/C18H28O/c1-2-3-4-5-12-17(19)14-16-11-8-10-15-9-6-7-13-18(15)16/h6-7,9,13,16-17,19H,2-5,8,10-12,14H2,1H3. The van der Waals surface area contributed by atoms with Crippen molar-refractivity contribution in [3.63, 3.8) is 0 Å². The number of aliphatic hydroxyl groups excluding tert-OH is 1. The van der Waals surface area contributed by atoms with E-state index in [1.807, 2.05) is 0 Å². The van der Waals surface area contributed by atoms with Gasteiger partial charge < -0.3 is 5.11 Å². The summed E-state index contributed by atoms with van der Waals surface area (Å²) < 4.78 is 0. The van der Waals surface area contributed by atoms with Crippen LogP contribution in [-0.4, -0.2) is 11.2 Å². The first-order chi connectivity index (χ1) is 9.31. The number of aryl methyl sites for hydroxylation is 1. The minimum Gasteiger partial charge on any atom is -0.393 e. The molecule has 2 rings (SSSR count). The third kappa shape index (κ3) is 4.35. The number of fused-ring (bicyclic) bond motifs is 1. The van der Waals surface area contributed by atoms with Gasteiger partial charge in [0.2, 0.25) is 0 Å². The van der Waals surface area contributed by atoms with E-state index >= 15 is 0 Å². The van der Waals surface area contributed by atoms with Crippen molar-refractivity contribution >= 4 is 0 Å². The lowest BCUT2D eigenvalue weighted by Gasteiger charge is -2.27. The van der Waals surface area contributed by atoms with Crippen molar-refractivity contribution in [2.24, 2.45) is 0 Å². The second kappa shape index (κ2) is 7.69. The highest BCUT2D eigenvalue weighted by Crippen LogP contribution is 2.35. The molecule has 1 nitrogen and oxygen atoms in total. The first-order valence-corrected chi connectivity index (χ1v) is 8.07. The molecule has 0 spiro atoms. The molecule has 0 heterocycles. The van der Waals surface area contributed by atoms with Gasteiger partial charge in [-0.1, -0.05) is 56.9 Å². The number of rotatable bonds is 7. The summed E-state index contributed by atoms with van der Waals surface area (Å²) in [5.74, 6) is 0.589. The molecule has 0 aromatic heterocycles. The van der Waals surface area contributed by atoms with Crippen molar-refractivity contribution in [3.05, 3.63) is 35.4 Å². The van der Waals surface area contributed by atoms with E-state index < -0.39 is 0 Å². The van der Waals surface area contributed by atoms with E-state index in [9.17, 15) is 5.11 Å². The molecule has 0 saturated carbocycles. The van der Waals surface area contributed by atoms with E-state index in [4.69, 9.17) is 0 Å². The molecule has 1 aromatic carbocycles. The van der Waals surface area contributed by atoms with Crippen LogP contribution in [0, 0.1) is 0 Å². The van der Waals surface area contributed by atoms with Crippen LogP contribution in [0.15, 0.2) is 24.3 Å². The Balaban J connectivity index is 1.83. The van der Waals surface area contributed by atoms with Crippen molar-refractivity contribution in [3.8, 4) is 0 Å². The lowest BCUT2D eigenvalue weighted by Crippen LogP contribution is -2.17. The minimum absolute atomic E-state index is 0.104. The topological polar surface area (TPSA) is 20.2 Å². The van der Waals surface area contributed by atoms with Crippen LogP contribution in [0.3, 0.4) is 0 Å². The van der Waals surface area contributed by atoms with Crippen molar-refractivity contribution in [2.45, 2.75) is 76.7 Å². The summed E-state index contributed by atoms with van der Waals surface area (Å²) >= 11 is 0. The summed E-state index contributed by atoms with van der Waals surface area (Å²) in [6.07, 6.45) is 10.6. The van der Waals surface area contributed by atoms with Crippen molar-refractivity contribution < 1.29 is 5.11 Å². The summed E-state index contributed by atoms with van der Waals surface area (Å²) in [4.78, 5) is 0. The van der Waals surface area contributed by atoms with E-state index in [-0.39, 0.29) is 6.10 Å². The fraction of sp³-hybridized carbons (Fsp3) is 0.667. The smallest absolute Gasteiger partial charge is 0.0546 e. The second-order valence-corrected chi connectivity index (χ2v) is 6.03. The molecule has 106 valence electrons. The van der Waals surface area contributed by atoms with Crippen LogP contribution >= 0.6 is 0 Å². The maximum Gasteiger partial charge on any atom is 0.0546 e. The molecule has 1 aliphatic rings. The van der Waals surface area contributed by atoms with Crippen LogP contribution in [-0.2, 0) is 6.42 Å². The van der Waals surface area contributed by atoms with Crippen LogP contribution in [0.25, 0.3) is 0 Å². The van der Waals surface area contributed by atoms with Gasteiger partial charge in [0.05, 0.1) is 6.10 Å². The zero-order chi connectivity index (χ0) is 13.5. The molecule has 0 aliphatic heterocycles. The van der Waals surface area contributed by atoms with Gasteiger partial charge in [0, 0.05) is 0 Å². The molecule has 0 radical (unpaired) electrons. The van der Waals surface area contributed by atoms with Crippen LogP contribution < -0.4 is 0 Å². The fourth-order valence-electron chi connectivity index (χ4n) is 3.35. The minimum atomic E-state index is -0.104. The average Bonchev–Trinajstić information content (AvgIpc) is 2.44. The van der Waals surface area contributed by atoms with Crippen molar-refractivity contribution in [1.82, 2.24) is 0 Å². The SMILES string of the molecule is CCCCCCC(O)CC1CCCc2ccccc21. The highest BCUT2D eigenvalue weighted by atomic mass is 16.3. The summed E-state index contributed by atoms with van der Waals surface area (Å²) in [5, 5.41) is 10.2. The molecule has 1 aliphatic carbocycles.